The number of halogens is 2. The van der Waals surface area contributed by atoms with Crippen molar-refractivity contribution >= 4 is 23.2 Å². The SMILES string of the molecule is Clc1cc(Cl)c(Oc2cccc(-c3nnc(-c4ccccc4)o3)c2)nc1Oc1cccc(-c2nnc(-c3ccccc3)o2)c1. The van der Waals surface area contributed by atoms with Gasteiger partial charge in [-0.05, 0) is 66.7 Å². The fourth-order valence-corrected chi connectivity index (χ4v) is 4.70. The van der Waals surface area contributed by atoms with E-state index in [4.69, 9.17) is 41.5 Å². The van der Waals surface area contributed by atoms with Crippen molar-refractivity contribution in [2.75, 3.05) is 0 Å². The summed E-state index contributed by atoms with van der Waals surface area (Å²) in [5, 5.41) is 17.1. The first-order valence-electron chi connectivity index (χ1n) is 13.3. The highest BCUT2D eigenvalue weighted by Crippen LogP contribution is 2.38. The smallest absolute Gasteiger partial charge is 0.248 e. The summed E-state index contributed by atoms with van der Waals surface area (Å²) in [5.74, 6) is 2.58. The maximum Gasteiger partial charge on any atom is 0.248 e. The minimum Gasteiger partial charge on any atom is -0.437 e. The molecule has 0 saturated heterocycles. The van der Waals surface area contributed by atoms with Gasteiger partial charge in [0.1, 0.15) is 21.5 Å². The van der Waals surface area contributed by atoms with Crippen LogP contribution >= 0.6 is 23.2 Å². The molecule has 9 nitrogen and oxygen atoms in total. The first kappa shape index (κ1) is 27.3. The lowest BCUT2D eigenvalue weighted by Crippen LogP contribution is -1.95. The Labute approximate surface area is 260 Å². The quantitative estimate of drug-likeness (QED) is 0.164. The summed E-state index contributed by atoms with van der Waals surface area (Å²) in [6.07, 6.45) is 0. The van der Waals surface area contributed by atoms with Gasteiger partial charge in [-0.25, -0.2) is 0 Å². The molecule has 0 bridgehead atoms. The second-order valence-electron chi connectivity index (χ2n) is 9.38. The van der Waals surface area contributed by atoms with Gasteiger partial charge >= 0.3 is 0 Å². The molecule has 0 radical (unpaired) electrons. The average Bonchev–Trinajstić information content (AvgIpc) is 3.76. The molecule has 0 saturated carbocycles. The van der Waals surface area contributed by atoms with Gasteiger partial charge in [0.05, 0.1) is 0 Å². The van der Waals surface area contributed by atoms with E-state index in [1.807, 2.05) is 72.8 Å². The molecule has 0 N–H and O–H groups in total. The first-order chi connectivity index (χ1) is 21.6. The molecule has 0 aliphatic carbocycles. The van der Waals surface area contributed by atoms with Crippen LogP contribution in [0.3, 0.4) is 0 Å². The van der Waals surface area contributed by atoms with Gasteiger partial charge in [0.2, 0.25) is 35.3 Å². The predicted molar refractivity (Wildman–Crippen MR) is 165 cm³/mol. The number of benzene rings is 4. The third-order valence-corrected chi connectivity index (χ3v) is 6.89. The average molecular weight is 620 g/mol. The van der Waals surface area contributed by atoms with E-state index in [1.54, 1.807) is 36.4 Å². The Bertz CT molecular complexity index is 1920. The standard InChI is InChI=1S/C33H19Cl2N5O4/c34-26-19-27(35)33(42-25-16-8-14-23(18-25)31-40-38-29(44-31)21-11-5-2-6-12-21)36-32(26)41-24-15-7-13-22(17-24)30-39-37-28(43-30)20-9-3-1-4-10-20/h1-19H. The molecule has 0 aliphatic heterocycles. The van der Waals surface area contributed by atoms with Crippen LogP contribution in [-0.2, 0) is 0 Å². The Hall–Kier alpha value is -5.51. The molecule has 44 heavy (non-hydrogen) atoms. The van der Waals surface area contributed by atoms with E-state index in [1.165, 1.54) is 6.07 Å². The van der Waals surface area contributed by atoms with Crippen LogP contribution in [0.4, 0.5) is 0 Å². The highest BCUT2D eigenvalue weighted by Gasteiger charge is 2.17. The Morgan fingerprint density at radius 2 is 0.818 bits per heavy atom. The molecular weight excluding hydrogens is 601 g/mol. The number of rotatable bonds is 8. The fraction of sp³-hybridized carbons (Fsp3) is 0. The van der Waals surface area contributed by atoms with Crippen molar-refractivity contribution < 1.29 is 18.3 Å². The van der Waals surface area contributed by atoms with Crippen LogP contribution in [0.2, 0.25) is 10.0 Å². The van der Waals surface area contributed by atoms with E-state index in [0.717, 1.165) is 11.1 Å². The van der Waals surface area contributed by atoms with E-state index in [0.29, 0.717) is 46.2 Å². The van der Waals surface area contributed by atoms with Gasteiger partial charge in [-0.1, -0.05) is 71.7 Å². The van der Waals surface area contributed by atoms with Gasteiger partial charge in [0, 0.05) is 22.3 Å². The molecule has 7 rings (SSSR count). The zero-order valence-electron chi connectivity index (χ0n) is 22.6. The second-order valence-corrected chi connectivity index (χ2v) is 10.2. The van der Waals surface area contributed by atoms with Crippen molar-refractivity contribution in [3.63, 3.8) is 0 Å². The third kappa shape index (κ3) is 5.87. The Morgan fingerprint density at radius 1 is 0.432 bits per heavy atom. The lowest BCUT2D eigenvalue weighted by Gasteiger charge is -2.12. The molecule has 0 atom stereocenters. The van der Waals surface area contributed by atoms with Crippen LogP contribution in [0.5, 0.6) is 23.3 Å². The van der Waals surface area contributed by atoms with Crippen molar-refractivity contribution in [3.05, 3.63) is 125 Å². The Kier molecular flexibility index (Phi) is 7.46. The van der Waals surface area contributed by atoms with Crippen molar-refractivity contribution in [3.8, 4) is 69.1 Å². The lowest BCUT2D eigenvalue weighted by molar-refractivity contribution is 0.426. The van der Waals surface area contributed by atoms with Gasteiger partial charge in [-0.2, -0.15) is 4.98 Å². The van der Waals surface area contributed by atoms with Crippen molar-refractivity contribution in [2.45, 2.75) is 0 Å². The number of ether oxygens (including phenoxy) is 2. The Balaban J connectivity index is 1.11. The van der Waals surface area contributed by atoms with Crippen molar-refractivity contribution in [2.24, 2.45) is 0 Å². The number of pyridine rings is 1. The fourth-order valence-electron chi connectivity index (χ4n) is 4.26. The number of hydrogen-bond acceptors (Lipinski definition) is 9. The van der Waals surface area contributed by atoms with Crippen LogP contribution in [0.1, 0.15) is 0 Å². The van der Waals surface area contributed by atoms with Crippen molar-refractivity contribution in [1.29, 1.82) is 0 Å². The number of hydrogen-bond donors (Lipinski definition) is 0. The molecule has 0 unspecified atom stereocenters. The van der Waals surface area contributed by atoms with E-state index in [9.17, 15) is 0 Å². The van der Waals surface area contributed by atoms with Gasteiger partial charge in [-0.3, -0.25) is 0 Å². The molecule has 0 amide bonds. The monoisotopic (exact) mass is 619 g/mol. The van der Waals surface area contributed by atoms with Crippen molar-refractivity contribution in [1.82, 2.24) is 25.4 Å². The van der Waals surface area contributed by atoms with Gasteiger partial charge in [0.25, 0.3) is 0 Å². The van der Waals surface area contributed by atoms with Gasteiger partial charge in [-0.15, -0.1) is 20.4 Å². The summed E-state index contributed by atoms with van der Waals surface area (Å²) >= 11 is 12.9. The van der Waals surface area contributed by atoms with E-state index >= 15 is 0 Å². The van der Waals surface area contributed by atoms with E-state index in [-0.39, 0.29) is 21.8 Å². The minimum absolute atomic E-state index is 0.0966. The molecule has 7 aromatic rings. The van der Waals surface area contributed by atoms with Crippen LogP contribution < -0.4 is 9.47 Å². The summed E-state index contributed by atoms with van der Waals surface area (Å²) in [5.41, 5.74) is 2.96. The third-order valence-electron chi connectivity index (χ3n) is 6.35. The second kappa shape index (κ2) is 12.0. The molecule has 4 aromatic carbocycles. The zero-order chi connectivity index (χ0) is 29.9. The highest BCUT2D eigenvalue weighted by atomic mass is 35.5. The number of nitrogens with zero attached hydrogens (tertiary/aromatic N) is 5. The Morgan fingerprint density at radius 3 is 1.25 bits per heavy atom. The molecule has 0 spiro atoms. The van der Waals surface area contributed by atoms with E-state index in [2.05, 4.69) is 25.4 Å². The molecule has 3 aromatic heterocycles. The molecular formula is C33H19Cl2N5O4. The summed E-state index contributed by atoms with van der Waals surface area (Å²) in [4.78, 5) is 4.44. The summed E-state index contributed by atoms with van der Waals surface area (Å²) in [6, 6.07) is 34.8. The van der Waals surface area contributed by atoms with Gasteiger partial charge < -0.3 is 18.3 Å². The lowest BCUT2D eigenvalue weighted by atomic mass is 10.2. The molecule has 0 aliphatic rings. The first-order valence-corrected chi connectivity index (χ1v) is 14.0. The number of aromatic nitrogens is 5. The maximum absolute atomic E-state index is 6.44. The predicted octanol–water partition coefficient (Wildman–Crippen LogP) is 9.41. The summed E-state index contributed by atoms with van der Waals surface area (Å²) in [7, 11) is 0. The molecule has 214 valence electrons. The van der Waals surface area contributed by atoms with E-state index < -0.39 is 0 Å². The topological polar surface area (TPSA) is 109 Å². The van der Waals surface area contributed by atoms with Crippen LogP contribution in [0, 0.1) is 0 Å². The zero-order valence-corrected chi connectivity index (χ0v) is 24.1. The molecule has 3 heterocycles. The molecule has 11 heteroatoms. The molecule has 0 fully saturated rings. The summed E-state index contributed by atoms with van der Waals surface area (Å²) in [6.45, 7) is 0. The maximum atomic E-state index is 6.44. The van der Waals surface area contributed by atoms with Crippen LogP contribution in [-0.4, -0.2) is 25.4 Å². The summed E-state index contributed by atoms with van der Waals surface area (Å²) < 4.78 is 23.8. The highest BCUT2D eigenvalue weighted by molar-refractivity contribution is 6.36. The van der Waals surface area contributed by atoms with Crippen LogP contribution in [0.25, 0.3) is 45.8 Å². The minimum atomic E-state index is 0.0966. The largest absolute Gasteiger partial charge is 0.437 e. The van der Waals surface area contributed by atoms with Gasteiger partial charge in [0.15, 0.2) is 0 Å². The normalized spacial score (nSPS) is 11.0. The van der Waals surface area contributed by atoms with Crippen LogP contribution in [0.15, 0.2) is 124 Å².